The maximum absolute atomic E-state index is 11.9. The number of nitrogens with one attached hydrogen (secondary N) is 1. The molecule has 2 aromatic rings. The summed E-state index contributed by atoms with van der Waals surface area (Å²) in [6, 6.07) is 13.9. The van der Waals surface area contributed by atoms with Crippen molar-refractivity contribution in [1.82, 2.24) is 10.2 Å². The number of benzene rings is 2. The van der Waals surface area contributed by atoms with Crippen molar-refractivity contribution in [3.63, 3.8) is 0 Å². The standard InChI is InChI=1S/C21H28N2O5S/c1-23(15-17-7-4-5-8-20(17)27-2)14-6-13-22-21(24)16-28-18-9-11-19(12-10-18)29(3,25)26/h4-5,7-12H,6,13-16H2,1-3H3,(H,22,24). The van der Waals surface area contributed by atoms with Crippen molar-refractivity contribution in [3.8, 4) is 11.5 Å². The van der Waals surface area contributed by atoms with Gasteiger partial charge >= 0.3 is 0 Å². The molecular formula is C21H28N2O5S. The van der Waals surface area contributed by atoms with Crippen LogP contribution in [-0.2, 0) is 21.2 Å². The predicted octanol–water partition coefficient (Wildman–Crippen LogP) is 2.12. The first-order valence-electron chi connectivity index (χ1n) is 9.29. The Hall–Kier alpha value is -2.58. The van der Waals surface area contributed by atoms with Crippen molar-refractivity contribution in [3.05, 3.63) is 54.1 Å². The number of nitrogens with zero attached hydrogens (tertiary/aromatic N) is 1. The van der Waals surface area contributed by atoms with Gasteiger partial charge in [-0.15, -0.1) is 0 Å². The smallest absolute Gasteiger partial charge is 0.257 e. The van der Waals surface area contributed by atoms with Gasteiger partial charge in [0.1, 0.15) is 11.5 Å². The summed E-state index contributed by atoms with van der Waals surface area (Å²) in [7, 11) is 0.446. The number of ether oxygens (including phenoxy) is 2. The Labute approximate surface area is 172 Å². The third kappa shape index (κ3) is 7.75. The van der Waals surface area contributed by atoms with Crippen molar-refractivity contribution in [2.75, 3.05) is 40.1 Å². The number of para-hydroxylation sites is 1. The molecule has 0 radical (unpaired) electrons. The summed E-state index contributed by atoms with van der Waals surface area (Å²) in [5.41, 5.74) is 1.12. The van der Waals surface area contributed by atoms with Crippen LogP contribution in [0.25, 0.3) is 0 Å². The predicted molar refractivity (Wildman–Crippen MR) is 112 cm³/mol. The van der Waals surface area contributed by atoms with E-state index >= 15 is 0 Å². The second-order valence-corrected chi connectivity index (χ2v) is 8.80. The Morgan fingerprint density at radius 1 is 1.10 bits per heavy atom. The van der Waals surface area contributed by atoms with Crippen LogP contribution in [0.4, 0.5) is 0 Å². The van der Waals surface area contributed by atoms with Gasteiger partial charge in [-0.3, -0.25) is 4.79 Å². The summed E-state index contributed by atoms with van der Waals surface area (Å²) in [5, 5.41) is 2.82. The Bertz CT molecular complexity index is 898. The maximum Gasteiger partial charge on any atom is 0.257 e. The largest absolute Gasteiger partial charge is 0.496 e. The number of carbonyl (C=O) groups is 1. The lowest BCUT2D eigenvalue weighted by Gasteiger charge is -2.18. The van der Waals surface area contributed by atoms with Crippen LogP contribution in [0.15, 0.2) is 53.4 Å². The Morgan fingerprint density at radius 2 is 1.79 bits per heavy atom. The van der Waals surface area contributed by atoms with Crippen LogP contribution in [0, 0.1) is 0 Å². The lowest BCUT2D eigenvalue weighted by molar-refractivity contribution is -0.123. The normalized spacial score (nSPS) is 11.3. The van der Waals surface area contributed by atoms with E-state index in [0.717, 1.165) is 37.1 Å². The molecule has 0 unspecified atom stereocenters. The van der Waals surface area contributed by atoms with Crippen molar-refractivity contribution in [2.45, 2.75) is 17.9 Å². The molecule has 0 saturated heterocycles. The number of hydrogen-bond acceptors (Lipinski definition) is 6. The van der Waals surface area contributed by atoms with Gasteiger partial charge in [0.05, 0.1) is 12.0 Å². The van der Waals surface area contributed by atoms with E-state index in [2.05, 4.69) is 10.2 Å². The van der Waals surface area contributed by atoms with Gasteiger partial charge in [0.15, 0.2) is 16.4 Å². The third-order valence-electron chi connectivity index (χ3n) is 4.29. The number of carbonyl (C=O) groups excluding carboxylic acids is 1. The second-order valence-electron chi connectivity index (χ2n) is 6.79. The van der Waals surface area contributed by atoms with Gasteiger partial charge in [0, 0.05) is 24.9 Å². The molecule has 0 aliphatic carbocycles. The van der Waals surface area contributed by atoms with Gasteiger partial charge < -0.3 is 19.7 Å². The molecule has 0 heterocycles. The maximum atomic E-state index is 11.9. The molecule has 0 saturated carbocycles. The highest BCUT2D eigenvalue weighted by molar-refractivity contribution is 7.90. The van der Waals surface area contributed by atoms with E-state index in [1.807, 2.05) is 31.3 Å². The highest BCUT2D eigenvalue weighted by Gasteiger charge is 2.08. The molecule has 0 aromatic heterocycles. The monoisotopic (exact) mass is 420 g/mol. The van der Waals surface area contributed by atoms with Crippen molar-refractivity contribution < 1.29 is 22.7 Å². The zero-order chi connectivity index (χ0) is 21.3. The van der Waals surface area contributed by atoms with Crippen molar-refractivity contribution >= 4 is 15.7 Å². The minimum Gasteiger partial charge on any atom is -0.496 e. The minimum absolute atomic E-state index is 0.116. The molecule has 0 spiro atoms. The molecule has 0 atom stereocenters. The molecule has 1 amide bonds. The molecule has 0 aliphatic rings. The first-order valence-corrected chi connectivity index (χ1v) is 11.2. The lowest BCUT2D eigenvalue weighted by Crippen LogP contribution is -2.31. The van der Waals surface area contributed by atoms with E-state index in [4.69, 9.17) is 9.47 Å². The quantitative estimate of drug-likeness (QED) is 0.561. The molecule has 8 heteroatoms. The fraction of sp³-hybridized carbons (Fsp3) is 0.381. The molecular weight excluding hydrogens is 392 g/mol. The SMILES string of the molecule is COc1ccccc1CN(C)CCCNC(=O)COc1ccc(S(C)(=O)=O)cc1. The molecule has 7 nitrogen and oxygen atoms in total. The third-order valence-corrected chi connectivity index (χ3v) is 5.42. The molecule has 2 rings (SSSR count). The van der Waals surface area contributed by atoms with Gasteiger partial charge in [-0.05, 0) is 50.3 Å². The average molecular weight is 421 g/mol. The van der Waals surface area contributed by atoms with Gasteiger partial charge in [-0.1, -0.05) is 18.2 Å². The first-order chi connectivity index (χ1) is 13.8. The fourth-order valence-electron chi connectivity index (χ4n) is 2.76. The summed E-state index contributed by atoms with van der Waals surface area (Å²) in [5.74, 6) is 1.10. The van der Waals surface area contributed by atoms with Gasteiger partial charge in [-0.2, -0.15) is 0 Å². The second kappa shape index (κ2) is 10.8. The van der Waals surface area contributed by atoms with Crippen molar-refractivity contribution in [2.24, 2.45) is 0 Å². The topological polar surface area (TPSA) is 84.9 Å². The van der Waals surface area contributed by atoms with E-state index in [-0.39, 0.29) is 17.4 Å². The van der Waals surface area contributed by atoms with Crippen LogP contribution >= 0.6 is 0 Å². The van der Waals surface area contributed by atoms with Crippen LogP contribution in [0.1, 0.15) is 12.0 Å². The number of hydrogen-bond donors (Lipinski definition) is 1. The fourth-order valence-corrected chi connectivity index (χ4v) is 3.39. The van der Waals surface area contributed by atoms with Crippen LogP contribution in [0.2, 0.25) is 0 Å². The molecule has 0 fully saturated rings. The molecule has 1 N–H and O–H groups in total. The van der Waals surface area contributed by atoms with Gasteiger partial charge in [0.25, 0.3) is 5.91 Å². The lowest BCUT2D eigenvalue weighted by atomic mass is 10.2. The Morgan fingerprint density at radius 3 is 2.45 bits per heavy atom. The van der Waals surface area contributed by atoms with E-state index in [9.17, 15) is 13.2 Å². The summed E-state index contributed by atoms with van der Waals surface area (Å²) in [4.78, 5) is 14.3. The summed E-state index contributed by atoms with van der Waals surface area (Å²) in [6.45, 7) is 2.03. The van der Waals surface area contributed by atoms with Crippen LogP contribution < -0.4 is 14.8 Å². The van der Waals surface area contributed by atoms with Gasteiger partial charge in [0.2, 0.25) is 0 Å². The van der Waals surface area contributed by atoms with Crippen molar-refractivity contribution in [1.29, 1.82) is 0 Å². The number of methoxy groups -OCH3 is 1. The highest BCUT2D eigenvalue weighted by atomic mass is 32.2. The Balaban J connectivity index is 1.65. The highest BCUT2D eigenvalue weighted by Crippen LogP contribution is 2.18. The molecule has 0 aliphatic heterocycles. The number of sulfone groups is 1. The Kier molecular flexibility index (Phi) is 8.48. The van der Waals surface area contributed by atoms with Gasteiger partial charge in [-0.25, -0.2) is 8.42 Å². The summed E-state index contributed by atoms with van der Waals surface area (Å²) < 4.78 is 33.6. The van der Waals surface area contributed by atoms with E-state index in [0.29, 0.717) is 12.3 Å². The van der Waals surface area contributed by atoms with Crippen LogP contribution in [0.3, 0.4) is 0 Å². The van der Waals surface area contributed by atoms with Crippen LogP contribution in [-0.4, -0.2) is 59.3 Å². The summed E-state index contributed by atoms with van der Waals surface area (Å²) >= 11 is 0. The molecule has 29 heavy (non-hydrogen) atoms. The van der Waals surface area contributed by atoms with E-state index < -0.39 is 9.84 Å². The molecule has 0 bridgehead atoms. The van der Waals surface area contributed by atoms with E-state index in [1.54, 1.807) is 7.11 Å². The summed E-state index contributed by atoms with van der Waals surface area (Å²) in [6.07, 6.45) is 1.95. The average Bonchev–Trinajstić information content (AvgIpc) is 2.69. The first kappa shape index (κ1) is 22.7. The zero-order valence-electron chi connectivity index (χ0n) is 17.1. The molecule has 158 valence electrons. The zero-order valence-corrected chi connectivity index (χ0v) is 17.9. The number of amides is 1. The minimum atomic E-state index is -3.24. The van der Waals surface area contributed by atoms with Crippen LogP contribution in [0.5, 0.6) is 11.5 Å². The van der Waals surface area contributed by atoms with E-state index in [1.165, 1.54) is 24.3 Å². The number of rotatable bonds is 11. The molecule has 2 aromatic carbocycles.